The lowest BCUT2D eigenvalue weighted by atomic mass is 10.0. The summed E-state index contributed by atoms with van der Waals surface area (Å²) in [7, 11) is -3.06. The number of sulfone groups is 1. The quantitative estimate of drug-likeness (QED) is 0.806. The van der Waals surface area contributed by atoms with E-state index in [1.807, 2.05) is 18.2 Å². The largest absolute Gasteiger partial charge is 0.323 e. The Labute approximate surface area is 125 Å². The summed E-state index contributed by atoms with van der Waals surface area (Å²) in [5.74, 6) is 0.145. The van der Waals surface area contributed by atoms with Crippen LogP contribution in [0.15, 0.2) is 42.5 Å². The average molecular weight is 301 g/mol. The summed E-state index contributed by atoms with van der Waals surface area (Å²) in [6, 6.07) is 14.0. The van der Waals surface area contributed by atoms with Crippen molar-refractivity contribution in [3.63, 3.8) is 0 Å². The van der Waals surface area contributed by atoms with Crippen LogP contribution in [0.25, 0.3) is 11.1 Å². The molecule has 0 radical (unpaired) electrons. The Hall–Kier alpha value is -1.65. The SMILES string of the molecule is CCS(=O)(=O)CC(N)c1ccc2c(c1)Cc1ccccc1-2. The van der Waals surface area contributed by atoms with Gasteiger partial charge in [0.05, 0.1) is 5.75 Å². The second-order valence-electron chi connectivity index (χ2n) is 5.56. The Morgan fingerprint density at radius 2 is 1.81 bits per heavy atom. The first kappa shape index (κ1) is 14.3. The molecule has 0 aliphatic heterocycles. The molecule has 0 aromatic heterocycles. The van der Waals surface area contributed by atoms with E-state index in [-0.39, 0.29) is 11.5 Å². The van der Waals surface area contributed by atoms with Crippen molar-refractivity contribution in [3.05, 3.63) is 59.2 Å². The Morgan fingerprint density at radius 3 is 2.57 bits per heavy atom. The van der Waals surface area contributed by atoms with Crippen molar-refractivity contribution in [3.8, 4) is 11.1 Å². The fraction of sp³-hybridized carbons (Fsp3) is 0.294. The summed E-state index contributed by atoms with van der Waals surface area (Å²) in [4.78, 5) is 0. The van der Waals surface area contributed by atoms with Crippen molar-refractivity contribution >= 4 is 9.84 Å². The average Bonchev–Trinajstić information content (AvgIpc) is 2.84. The van der Waals surface area contributed by atoms with E-state index in [0.717, 1.165) is 12.0 Å². The summed E-state index contributed by atoms with van der Waals surface area (Å²) in [6.45, 7) is 1.65. The van der Waals surface area contributed by atoms with E-state index in [0.29, 0.717) is 0 Å². The zero-order valence-corrected chi connectivity index (χ0v) is 12.9. The molecule has 2 aromatic carbocycles. The maximum absolute atomic E-state index is 11.7. The molecule has 21 heavy (non-hydrogen) atoms. The third-order valence-electron chi connectivity index (χ3n) is 4.12. The van der Waals surface area contributed by atoms with Gasteiger partial charge in [0, 0.05) is 11.8 Å². The molecule has 0 saturated carbocycles. The van der Waals surface area contributed by atoms with Gasteiger partial charge in [0.2, 0.25) is 0 Å². The Balaban J connectivity index is 1.90. The van der Waals surface area contributed by atoms with Crippen molar-refractivity contribution in [1.29, 1.82) is 0 Å². The van der Waals surface area contributed by atoms with E-state index in [1.165, 1.54) is 22.3 Å². The Morgan fingerprint density at radius 1 is 1.10 bits per heavy atom. The molecule has 0 heterocycles. The number of hydrogen-bond acceptors (Lipinski definition) is 3. The molecule has 3 rings (SSSR count). The van der Waals surface area contributed by atoms with Crippen LogP contribution in [0.4, 0.5) is 0 Å². The van der Waals surface area contributed by atoms with Crippen molar-refractivity contribution in [2.24, 2.45) is 5.73 Å². The zero-order valence-electron chi connectivity index (χ0n) is 12.0. The van der Waals surface area contributed by atoms with Gasteiger partial charge in [-0.1, -0.05) is 49.4 Å². The number of fused-ring (bicyclic) bond motifs is 3. The molecule has 0 bridgehead atoms. The van der Waals surface area contributed by atoms with Gasteiger partial charge in [-0.2, -0.15) is 0 Å². The topological polar surface area (TPSA) is 60.2 Å². The van der Waals surface area contributed by atoms with E-state index in [2.05, 4.69) is 24.3 Å². The predicted molar refractivity (Wildman–Crippen MR) is 85.9 cm³/mol. The van der Waals surface area contributed by atoms with E-state index in [4.69, 9.17) is 5.73 Å². The van der Waals surface area contributed by atoms with Crippen LogP contribution in [0.3, 0.4) is 0 Å². The molecule has 1 unspecified atom stereocenters. The molecule has 0 amide bonds. The van der Waals surface area contributed by atoms with Crippen LogP contribution in [-0.4, -0.2) is 19.9 Å². The molecule has 2 aromatic rings. The second-order valence-corrected chi connectivity index (χ2v) is 7.95. The van der Waals surface area contributed by atoms with Gasteiger partial charge >= 0.3 is 0 Å². The number of rotatable bonds is 4. The molecule has 4 heteroatoms. The normalized spacial score (nSPS) is 14.6. The second kappa shape index (κ2) is 5.28. The van der Waals surface area contributed by atoms with Gasteiger partial charge in [-0.25, -0.2) is 8.42 Å². The molecule has 2 N–H and O–H groups in total. The summed E-state index contributed by atoms with van der Waals surface area (Å²) in [6.07, 6.45) is 0.895. The highest BCUT2D eigenvalue weighted by atomic mass is 32.2. The molecule has 0 saturated heterocycles. The lowest BCUT2D eigenvalue weighted by Crippen LogP contribution is -2.22. The van der Waals surface area contributed by atoms with Crippen LogP contribution in [-0.2, 0) is 16.3 Å². The first-order valence-corrected chi connectivity index (χ1v) is 8.99. The van der Waals surface area contributed by atoms with Crippen LogP contribution in [0.2, 0.25) is 0 Å². The lowest BCUT2D eigenvalue weighted by molar-refractivity contribution is 0.590. The Kier molecular flexibility index (Phi) is 3.59. The van der Waals surface area contributed by atoms with Crippen LogP contribution >= 0.6 is 0 Å². The van der Waals surface area contributed by atoms with E-state index >= 15 is 0 Å². The molecule has 1 aliphatic rings. The van der Waals surface area contributed by atoms with E-state index in [9.17, 15) is 8.42 Å². The Bertz CT molecular complexity index is 781. The minimum absolute atomic E-state index is 0.00916. The van der Waals surface area contributed by atoms with Crippen LogP contribution in [0.5, 0.6) is 0 Å². The number of nitrogens with two attached hydrogens (primary N) is 1. The lowest BCUT2D eigenvalue weighted by Gasteiger charge is -2.13. The van der Waals surface area contributed by atoms with Gasteiger partial charge in [-0.15, -0.1) is 0 Å². The highest BCUT2D eigenvalue weighted by Gasteiger charge is 2.21. The maximum Gasteiger partial charge on any atom is 0.151 e. The van der Waals surface area contributed by atoms with Gasteiger partial charge in [0.1, 0.15) is 0 Å². The minimum Gasteiger partial charge on any atom is -0.323 e. The predicted octanol–water partition coefficient (Wildman–Crippen LogP) is 2.69. The first-order chi connectivity index (χ1) is 10.00. The highest BCUT2D eigenvalue weighted by Crippen LogP contribution is 2.37. The van der Waals surface area contributed by atoms with Crippen molar-refractivity contribution < 1.29 is 8.42 Å². The molecular weight excluding hydrogens is 282 g/mol. The standard InChI is InChI=1S/C17H19NO2S/c1-2-21(19,20)11-17(18)13-7-8-16-14(10-13)9-12-5-3-4-6-15(12)16/h3-8,10,17H,2,9,11,18H2,1H3. The van der Waals surface area contributed by atoms with E-state index < -0.39 is 15.9 Å². The van der Waals surface area contributed by atoms with Crippen LogP contribution < -0.4 is 5.73 Å². The van der Waals surface area contributed by atoms with Gasteiger partial charge < -0.3 is 5.73 Å². The summed E-state index contributed by atoms with van der Waals surface area (Å²) in [5.41, 5.74) is 12.0. The molecule has 1 aliphatic carbocycles. The van der Waals surface area contributed by atoms with Crippen LogP contribution in [0.1, 0.15) is 29.7 Å². The van der Waals surface area contributed by atoms with E-state index in [1.54, 1.807) is 6.92 Å². The summed E-state index contributed by atoms with van der Waals surface area (Å²) in [5, 5.41) is 0. The third-order valence-corrected chi connectivity index (χ3v) is 5.87. The van der Waals surface area contributed by atoms with Gasteiger partial charge in [0.15, 0.2) is 9.84 Å². The minimum atomic E-state index is -3.06. The van der Waals surface area contributed by atoms with Crippen LogP contribution in [0, 0.1) is 0 Å². The fourth-order valence-corrected chi connectivity index (χ4v) is 3.86. The number of hydrogen-bond donors (Lipinski definition) is 1. The van der Waals surface area contributed by atoms with Gasteiger partial charge in [0.25, 0.3) is 0 Å². The van der Waals surface area contributed by atoms with Gasteiger partial charge in [-0.05, 0) is 34.2 Å². The highest BCUT2D eigenvalue weighted by molar-refractivity contribution is 7.91. The molecule has 0 spiro atoms. The smallest absolute Gasteiger partial charge is 0.151 e. The van der Waals surface area contributed by atoms with Crippen molar-refractivity contribution in [2.75, 3.05) is 11.5 Å². The summed E-state index contributed by atoms with van der Waals surface area (Å²) >= 11 is 0. The summed E-state index contributed by atoms with van der Waals surface area (Å²) < 4.78 is 23.4. The molecule has 110 valence electrons. The monoisotopic (exact) mass is 301 g/mol. The van der Waals surface area contributed by atoms with Crippen molar-refractivity contribution in [2.45, 2.75) is 19.4 Å². The van der Waals surface area contributed by atoms with Gasteiger partial charge in [-0.3, -0.25) is 0 Å². The van der Waals surface area contributed by atoms with Crippen molar-refractivity contribution in [1.82, 2.24) is 0 Å². The first-order valence-electron chi connectivity index (χ1n) is 7.17. The fourth-order valence-electron chi connectivity index (χ4n) is 2.88. The molecular formula is C17H19NO2S. The molecule has 1 atom stereocenters. The third kappa shape index (κ3) is 2.74. The molecule has 3 nitrogen and oxygen atoms in total. The zero-order chi connectivity index (χ0) is 15.0. The maximum atomic E-state index is 11.7. The number of benzene rings is 2. The molecule has 0 fully saturated rings.